The Hall–Kier alpha value is -1.89. The Bertz CT molecular complexity index is 582. The molecule has 0 bridgehead atoms. The molecule has 2 rings (SSSR count). The van der Waals surface area contributed by atoms with Crippen LogP contribution in [0.15, 0.2) is 5.38 Å². The van der Waals surface area contributed by atoms with Crippen LogP contribution in [0.4, 0.5) is 4.79 Å². The highest BCUT2D eigenvalue weighted by molar-refractivity contribution is 7.10. The fourth-order valence-electron chi connectivity index (χ4n) is 2.35. The summed E-state index contributed by atoms with van der Waals surface area (Å²) in [6, 6.07) is -0.968. The van der Waals surface area contributed by atoms with Gasteiger partial charge in [-0.25, -0.2) is 9.59 Å². The lowest BCUT2D eigenvalue weighted by molar-refractivity contribution is -0.127. The minimum atomic E-state index is -1.07. The lowest BCUT2D eigenvalue weighted by atomic mass is 9.88. The number of nitrogens with one attached hydrogen (secondary N) is 1. The van der Waals surface area contributed by atoms with Gasteiger partial charge in [-0.1, -0.05) is 6.92 Å². The molecule has 0 fully saturated rings. The molecule has 3 N–H and O–H groups in total. The van der Waals surface area contributed by atoms with Crippen LogP contribution in [0.5, 0.6) is 0 Å². The first-order valence-corrected chi connectivity index (χ1v) is 7.67. The van der Waals surface area contributed by atoms with E-state index in [-0.39, 0.29) is 0 Å². The third kappa shape index (κ3) is 3.60. The maximum atomic E-state index is 12.1. The number of rotatable bonds is 3. The van der Waals surface area contributed by atoms with Crippen molar-refractivity contribution in [3.05, 3.63) is 21.4 Å². The molecule has 0 aromatic carbocycles. The number of ether oxygens (including phenoxy) is 1. The third-order valence-electron chi connectivity index (χ3n) is 3.52. The number of carbonyl (C=O) groups is 3. The van der Waals surface area contributed by atoms with Crippen molar-refractivity contribution in [3.63, 3.8) is 0 Å². The molecule has 114 valence electrons. The molecular weight excluding hydrogens is 292 g/mol. The average Bonchev–Trinajstić information content (AvgIpc) is 2.80. The van der Waals surface area contributed by atoms with Gasteiger partial charge in [-0.05, 0) is 37.7 Å². The van der Waals surface area contributed by atoms with E-state index < -0.39 is 24.0 Å². The van der Waals surface area contributed by atoms with E-state index in [1.54, 1.807) is 16.7 Å². The highest BCUT2D eigenvalue weighted by Crippen LogP contribution is 2.33. The number of nitrogens with two attached hydrogens (primary N) is 1. The highest BCUT2D eigenvalue weighted by atomic mass is 32.1. The van der Waals surface area contributed by atoms with Crippen LogP contribution in [0.2, 0.25) is 0 Å². The maximum Gasteiger partial charge on any atom is 0.340 e. The van der Waals surface area contributed by atoms with Crippen LogP contribution >= 0.6 is 11.3 Å². The second kappa shape index (κ2) is 6.26. The van der Waals surface area contributed by atoms with Crippen molar-refractivity contribution in [2.75, 3.05) is 0 Å². The molecule has 7 heteroatoms. The quantitative estimate of drug-likeness (QED) is 0.829. The van der Waals surface area contributed by atoms with Crippen molar-refractivity contribution in [2.45, 2.75) is 39.2 Å². The molecule has 2 unspecified atom stereocenters. The molecule has 1 heterocycles. The van der Waals surface area contributed by atoms with Crippen LogP contribution in [0.3, 0.4) is 0 Å². The van der Waals surface area contributed by atoms with Crippen molar-refractivity contribution in [3.8, 4) is 0 Å². The van der Waals surface area contributed by atoms with Crippen molar-refractivity contribution < 1.29 is 19.1 Å². The highest BCUT2D eigenvalue weighted by Gasteiger charge is 2.26. The van der Waals surface area contributed by atoms with E-state index in [1.807, 2.05) is 5.32 Å². The fraction of sp³-hybridized carbons (Fsp3) is 0.500. The minimum absolute atomic E-state index is 0.528. The summed E-state index contributed by atoms with van der Waals surface area (Å²) in [5, 5.41) is 3.67. The second-order valence-corrected chi connectivity index (χ2v) is 6.26. The van der Waals surface area contributed by atoms with Gasteiger partial charge in [-0.2, -0.15) is 0 Å². The number of thiophene rings is 1. The van der Waals surface area contributed by atoms with Crippen LogP contribution < -0.4 is 11.1 Å². The molecule has 6 nitrogen and oxygen atoms in total. The van der Waals surface area contributed by atoms with Gasteiger partial charge in [0, 0.05) is 10.3 Å². The Labute approximate surface area is 126 Å². The summed E-state index contributed by atoms with van der Waals surface area (Å²) in [6.07, 6.45) is 1.81. The Kier molecular flexibility index (Phi) is 4.62. The Balaban J connectivity index is 2.04. The normalized spacial score (nSPS) is 18.5. The number of hydrogen-bond donors (Lipinski definition) is 2. The maximum absolute atomic E-state index is 12.1. The summed E-state index contributed by atoms with van der Waals surface area (Å²) >= 11 is 1.55. The number of carbonyl (C=O) groups excluding carboxylic acids is 3. The number of imide groups is 1. The minimum Gasteiger partial charge on any atom is -0.449 e. The summed E-state index contributed by atoms with van der Waals surface area (Å²) in [5.74, 6) is -0.636. The number of urea groups is 1. The number of esters is 1. The smallest absolute Gasteiger partial charge is 0.340 e. The fourth-order valence-corrected chi connectivity index (χ4v) is 3.58. The predicted molar refractivity (Wildman–Crippen MR) is 78.1 cm³/mol. The number of primary amides is 1. The number of amides is 3. The Morgan fingerprint density at radius 1 is 1.48 bits per heavy atom. The van der Waals surface area contributed by atoms with Gasteiger partial charge in [0.15, 0.2) is 6.10 Å². The SMILES string of the molecule is CC1CCc2c(C(=O)OC(C)C(=O)NC(N)=O)csc2C1. The van der Waals surface area contributed by atoms with E-state index in [9.17, 15) is 14.4 Å². The lowest BCUT2D eigenvalue weighted by Gasteiger charge is -2.19. The van der Waals surface area contributed by atoms with Crippen molar-refractivity contribution >= 4 is 29.2 Å². The summed E-state index contributed by atoms with van der Waals surface area (Å²) in [7, 11) is 0. The van der Waals surface area contributed by atoms with Crippen LogP contribution in [0.25, 0.3) is 0 Å². The average molecular weight is 310 g/mol. The molecule has 0 saturated heterocycles. The van der Waals surface area contributed by atoms with Crippen molar-refractivity contribution in [1.82, 2.24) is 5.32 Å². The number of fused-ring (bicyclic) bond motifs is 1. The monoisotopic (exact) mass is 310 g/mol. The standard InChI is InChI=1S/C14H18N2O4S/c1-7-3-4-9-10(6-21-11(9)5-7)13(18)20-8(2)12(17)16-14(15)19/h6-8H,3-5H2,1-2H3,(H3,15,16,17,19). The van der Waals surface area contributed by atoms with Gasteiger partial charge in [0.1, 0.15) is 0 Å². The van der Waals surface area contributed by atoms with E-state index in [0.29, 0.717) is 11.5 Å². The topological polar surface area (TPSA) is 98.5 Å². The molecule has 1 aromatic rings. The zero-order valence-corrected chi connectivity index (χ0v) is 12.8. The lowest BCUT2D eigenvalue weighted by Crippen LogP contribution is -2.42. The molecule has 0 saturated carbocycles. The van der Waals surface area contributed by atoms with Gasteiger partial charge < -0.3 is 10.5 Å². The molecule has 3 amide bonds. The zero-order valence-electron chi connectivity index (χ0n) is 12.0. The summed E-state index contributed by atoms with van der Waals surface area (Å²) < 4.78 is 5.10. The molecule has 1 aliphatic rings. The van der Waals surface area contributed by atoms with E-state index in [2.05, 4.69) is 6.92 Å². The zero-order chi connectivity index (χ0) is 15.6. The Morgan fingerprint density at radius 3 is 2.86 bits per heavy atom. The van der Waals surface area contributed by atoms with Crippen LogP contribution in [-0.4, -0.2) is 24.0 Å². The van der Waals surface area contributed by atoms with Crippen molar-refractivity contribution in [2.24, 2.45) is 11.7 Å². The summed E-state index contributed by atoms with van der Waals surface area (Å²) in [5.41, 5.74) is 6.41. The van der Waals surface area contributed by atoms with E-state index in [4.69, 9.17) is 10.5 Å². The first-order valence-electron chi connectivity index (χ1n) is 6.79. The van der Waals surface area contributed by atoms with Gasteiger partial charge in [0.05, 0.1) is 5.56 Å². The largest absolute Gasteiger partial charge is 0.449 e. The third-order valence-corrected chi connectivity index (χ3v) is 4.57. The molecular formula is C14H18N2O4S. The van der Waals surface area contributed by atoms with Crippen molar-refractivity contribution in [1.29, 1.82) is 0 Å². The molecule has 21 heavy (non-hydrogen) atoms. The van der Waals surface area contributed by atoms with E-state index >= 15 is 0 Å². The van der Waals surface area contributed by atoms with E-state index in [1.165, 1.54) is 11.8 Å². The predicted octanol–water partition coefficient (Wildman–Crippen LogP) is 1.61. The van der Waals surface area contributed by atoms with Crippen LogP contribution in [-0.2, 0) is 22.4 Å². The first kappa shape index (κ1) is 15.5. The summed E-state index contributed by atoms with van der Waals surface area (Å²) in [4.78, 5) is 35.5. The van der Waals surface area contributed by atoms with E-state index in [0.717, 1.165) is 24.8 Å². The molecule has 0 radical (unpaired) electrons. The molecule has 0 spiro atoms. The van der Waals surface area contributed by atoms with Gasteiger partial charge in [-0.15, -0.1) is 11.3 Å². The molecule has 2 atom stereocenters. The first-order chi connectivity index (χ1) is 9.88. The van der Waals surface area contributed by atoms with Gasteiger partial charge in [0.2, 0.25) is 0 Å². The van der Waals surface area contributed by atoms with Crippen LogP contribution in [0, 0.1) is 5.92 Å². The summed E-state index contributed by atoms with van der Waals surface area (Å²) in [6.45, 7) is 3.59. The molecule has 0 aliphatic heterocycles. The van der Waals surface area contributed by atoms with Crippen LogP contribution in [0.1, 0.15) is 41.1 Å². The molecule has 1 aromatic heterocycles. The van der Waals surface area contributed by atoms with Gasteiger partial charge in [0.25, 0.3) is 5.91 Å². The van der Waals surface area contributed by atoms with Gasteiger partial charge in [-0.3, -0.25) is 10.1 Å². The van der Waals surface area contributed by atoms with Gasteiger partial charge >= 0.3 is 12.0 Å². The number of hydrogen-bond acceptors (Lipinski definition) is 5. The molecule has 1 aliphatic carbocycles. The second-order valence-electron chi connectivity index (χ2n) is 5.30. The Morgan fingerprint density at radius 2 is 2.19 bits per heavy atom.